The van der Waals surface area contributed by atoms with E-state index in [0.29, 0.717) is 11.9 Å². The lowest BCUT2D eigenvalue weighted by atomic mass is 10.0. The van der Waals surface area contributed by atoms with Gasteiger partial charge in [-0.05, 0) is 18.4 Å². The lowest BCUT2D eigenvalue weighted by Crippen LogP contribution is -2.36. The van der Waals surface area contributed by atoms with Crippen LogP contribution in [0.5, 0.6) is 5.88 Å². The fraction of sp³-hybridized carbons (Fsp3) is 0.706. The summed E-state index contributed by atoms with van der Waals surface area (Å²) in [4.78, 5) is 4.23. The zero-order valence-corrected chi connectivity index (χ0v) is 13.6. The van der Waals surface area contributed by atoms with Crippen LogP contribution >= 0.6 is 0 Å². The zero-order chi connectivity index (χ0) is 15.3. The molecule has 0 saturated heterocycles. The Kier molecular flexibility index (Phi) is 9.83. The Labute approximate surface area is 129 Å². The molecule has 1 aromatic rings. The van der Waals surface area contributed by atoms with Gasteiger partial charge in [0.05, 0.1) is 7.11 Å². The van der Waals surface area contributed by atoms with Gasteiger partial charge in [0.15, 0.2) is 0 Å². The molecule has 4 heteroatoms. The molecule has 0 aliphatic carbocycles. The van der Waals surface area contributed by atoms with Crippen molar-refractivity contribution in [3.05, 3.63) is 23.9 Å². The van der Waals surface area contributed by atoms with Gasteiger partial charge in [-0.2, -0.15) is 0 Å². The van der Waals surface area contributed by atoms with Crippen LogP contribution in [-0.4, -0.2) is 18.1 Å². The van der Waals surface area contributed by atoms with E-state index in [9.17, 15) is 0 Å². The number of rotatable bonds is 12. The fourth-order valence-corrected chi connectivity index (χ4v) is 2.53. The molecular weight excluding hydrogens is 262 g/mol. The van der Waals surface area contributed by atoms with Crippen molar-refractivity contribution in [2.45, 2.75) is 70.8 Å². The van der Waals surface area contributed by atoms with Crippen molar-refractivity contribution in [3.8, 4) is 5.88 Å². The van der Waals surface area contributed by atoms with Crippen molar-refractivity contribution in [1.29, 1.82) is 0 Å². The zero-order valence-electron chi connectivity index (χ0n) is 13.6. The number of hydrogen-bond donors (Lipinski definition) is 2. The molecule has 0 aliphatic heterocycles. The van der Waals surface area contributed by atoms with Gasteiger partial charge in [0.1, 0.15) is 0 Å². The van der Waals surface area contributed by atoms with E-state index in [1.165, 1.54) is 50.5 Å². The molecule has 1 atom stereocenters. The Hall–Kier alpha value is -1.13. The van der Waals surface area contributed by atoms with E-state index in [1.54, 1.807) is 7.11 Å². The Morgan fingerprint density at radius 3 is 2.43 bits per heavy atom. The van der Waals surface area contributed by atoms with Gasteiger partial charge in [-0.3, -0.25) is 11.3 Å². The van der Waals surface area contributed by atoms with E-state index in [4.69, 9.17) is 10.6 Å². The highest BCUT2D eigenvalue weighted by atomic mass is 16.5. The van der Waals surface area contributed by atoms with Crippen LogP contribution in [0.25, 0.3) is 0 Å². The summed E-state index contributed by atoms with van der Waals surface area (Å²) in [5.74, 6) is 6.32. The number of pyridine rings is 1. The molecule has 120 valence electrons. The number of ether oxygens (including phenoxy) is 1. The first-order valence-electron chi connectivity index (χ1n) is 8.25. The number of hydrogen-bond acceptors (Lipinski definition) is 4. The van der Waals surface area contributed by atoms with E-state index >= 15 is 0 Å². The molecule has 1 unspecified atom stereocenters. The quantitative estimate of drug-likeness (QED) is 0.351. The maximum Gasteiger partial charge on any atom is 0.212 e. The van der Waals surface area contributed by atoms with E-state index in [-0.39, 0.29) is 0 Å². The first-order valence-corrected chi connectivity index (χ1v) is 8.25. The standard InChI is InChI=1S/C17H31N3O/c1-3-4-5-6-7-8-9-10-16(20-18)13-15-11-12-17(21-2)19-14-15/h11-12,14,16,20H,3-10,13,18H2,1-2H3. The molecule has 0 amide bonds. The highest BCUT2D eigenvalue weighted by Crippen LogP contribution is 2.13. The second-order valence-corrected chi connectivity index (χ2v) is 5.69. The molecule has 0 aromatic carbocycles. The van der Waals surface area contributed by atoms with Gasteiger partial charge in [-0.25, -0.2) is 4.98 Å². The minimum Gasteiger partial charge on any atom is -0.481 e. The van der Waals surface area contributed by atoms with Crippen LogP contribution in [-0.2, 0) is 6.42 Å². The van der Waals surface area contributed by atoms with E-state index in [0.717, 1.165) is 12.8 Å². The Balaban J connectivity index is 2.18. The van der Waals surface area contributed by atoms with Gasteiger partial charge in [0, 0.05) is 18.3 Å². The average molecular weight is 293 g/mol. The molecule has 0 bridgehead atoms. The van der Waals surface area contributed by atoms with E-state index in [2.05, 4.69) is 23.4 Å². The summed E-state index contributed by atoms with van der Waals surface area (Å²) < 4.78 is 5.07. The lowest BCUT2D eigenvalue weighted by Gasteiger charge is -2.15. The summed E-state index contributed by atoms with van der Waals surface area (Å²) in [7, 11) is 1.63. The number of nitrogens with two attached hydrogens (primary N) is 1. The van der Waals surface area contributed by atoms with Crippen LogP contribution in [0, 0.1) is 0 Å². The summed E-state index contributed by atoms with van der Waals surface area (Å²) in [5, 5.41) is 0. The number of hydrazine groups is 1. The smallest absolute Gasteiger partial charge is 0.212 e. The fourth-order valence-electron chi connectivity index (χ4n) is 2.53. The highest BCUT2D eigenvalue weighted by Gasteiger charge is 2.08. The van der Waals surface area contributed by atoms with Crippen molar-refractivity contribution in [3.63, 3.8) is 0 Å². The van der Waals surface area contributed by atoms with Gasteiger partial charge in [-0.15, -0.1) is 0 Å². The summed E-state index contributed by atoms with van der Waals surface area (Å²) in [5.41, 5.74) is 4.13. The largest absolute Gasteiger partial charge is 0.481 e. The molecule has 4 nitrogen and oxygen atoms in total. The van der Waals surface area contributed by atoms with Crippen LogP contribution in [0.15, 0.2) is 18.3 Å². The second-order valence-electron chi connectivity index (χ2n) is 5.69. The van der Waals surface area contributed by atoms with Gasteiger partial charge in [0.25, 0.3) is 0 Å². The lowest BCUT2D eigenvalue weighted by molar-refractivity contribution is 0.397. The van der Waals surface area contributed by atoms with Gasteiger partial charge in [-0.1, -0.05) is 57.9 Å². The number of aromatic nitrogens is 1. The summed E-state index contributed by atoms with van der Waals surface area (Å²) >= 11 is 0. The molecule has 0 radical (unpaired) electrons. The van der Waals surface area contributed by atoms with E-state index < -0.39 is 0 Å². The molecule has 0 fully saturated rings. The summed E-state index contributed by atoms with van der Waals surface area (Å²) in [6.07, 6.45) is 13.2. The second kappa shape index (κ2) is 11.5. The number of nitrogens with zero attached hydrogens (tertiary/aromatic N) is 1. The maximum atomic E-state index is 5.66. The normalized spacial score (nSPS) is 12.3. The van der Waals surface area contributed by atoms with Crippen LogP contribution < -0.4 is 16.0 Å². The minimum absolute atomic E-state index is 0.329. The van der Waals surface area contributed by atoms with Crippen LogP contribution in [0.2, 0.25) is 0 Å². The van der Waals surface area contributed by atoms with Crippen LogP contribution in [0.1, 0.15) is 63.9 Å². The predicted molar refractivity (Wildman–Crippen MR) is 88.2 cm³/mol. The minimum atomic E-state index is 0.329. The van der Waals surface area contributed by atoms with Crippen molar-refractivity contribution in [2.24, 2.45) is 5.84 Å². The topological polar surface area (TPSA) is 60.2 Å². The molecule has 21 heavy (non-hydrogen) atoms. The molecule has 1 heterocycles. The first kappa shape index (κ1) is 17.9. The van der Waals surface area contributed by atoms with E-state index in [1.807, 2.05) is 12.3 Å². The van der Waals surface area contributed by atoms with Crippen LogP contribution in [0.3, 0.4) is 0 Å². The number of unbranched alkanes of at least 4 members (excludes halogenated alkanes) is 6. The summed E-state index contributed by atoms with van der Waals surface area (Å²) in [6, 6.07) is 4.29. The van der Waals surface area contributed by atoms with Gasteiger partial charge in [0.2, 0.25) is 5.88 Å². The SMILES string of the molecule is CCCCCCCCCC(Cc1ccc(OC)nc1)NN. The molecule has 0 spiro atoms. The molecule has 3 N–H and O–H groups in total. The number of nitrogens with one attached hydrogen (secondary N) is 1. The van der Waals surface area contributed by atoms with Crippen molar-refractivity contribution in [2.75, 3.05) is 7.11 Å². The van der Waals surface area contributed by atoms with Crippen molar-refractivity contribution >= 4 is 0 Å². The summed E-state index contributed by atoms with van der Waals surface area (Å²) in [6.45, 7) is 2.26. The van der Waals surface area contributed by atoms with Crippen molar-refractivity contribution in [1.82, 2.24) is 10.4 Å². The van der Waals surface area contributed by atoms with Gasteiger partial charge < -0.3 is 4.74 Å². The third kappa shape index (κ3) is 8.02. The third-order valence-electron chi connectivity index (χ3n) is 3.88. The Morgan fingerprint density at radius 2 is 1.86 bits per heavy atom. The molecule has 1 aromatic heterocycles. The first-order chi connectivity index (χ1) is 10.3. The number of methoxy groups -OCH3 is 1. The molecular formula is C17H31N3O. The highest BCUT2D eigenvalue weighted by molar-refractivity contribution is 5.18. The third-order valence-corrected chi connectivity index (χ3v) is 3.88. The average Bonchev–Trinajstić information content (AvgIpc) is 2.53. The van der Waals surface area contributed by atoms with Gasteiger partial charge >= 0.3 is 0 Å². The Morgan fingerprint density at radius 1 is 1.14 bits per heavy atom. The monoisotopic (exact) mass is 293 g/mol. The van der Waals surface area contributed by atoms with Crippen LogP contribution in [0.4, 0.5) is 0 Å². The van der Waals surface area contributed by atoms with Crippen molar-refractivity contribution < 1.29 is 4.74 Å². The molecule has 0 saturated carbocycles. The molecule has 0 aliphatic rings. The predicted octanol–water partition coefficient (Wildman–Crippen LogP) is 3.61. The maximum absolute atomic E-state index is 5.66. The Bertz CT molecular complexity index is 354. The molecule has 1 rings (SSSR count).